The molecule has 0 aliphatic rings. The van der Waals surface area contributed by atoms with Gasteiger partial charge in [0.05, 0.1) is 0 Å². The second-order valence-corrected chi connectivity index (χ2v) is 3.48. The van der Waals surface area contributed by atoms with Crippen LogP contribution in [0, 0.1) is 0 Å². The van der Waals surface area contributed by atoms with Crippen LogP contribution in [0.4, 0.5) is 0 Å². The van der Waals surface area contributed by atoms with Crippen molar-refractivity contribution in [3.8, 4) is 0 Å². The van der Waals surface area contributed by atoms with Gasteiger partial charge in [-0.1, -0.05) is 36.4 Å². The first kappa shape index (κ1) is 10.0. The Morgan fingerprint density at radius 1 is 1.15 bits per heavy atom. The number of hydrogen-bond acceptors (Lipinski definition) is 1. The van der Waals surface area contributed by atoms with E-state index in [4.69, 9.17) is 0 Å². The largest absolute Gasteiger partial charge is 0.305 e. The van der Waals surface area contributed by atoms with E-state index in [-0.39, 0.29) is 0 Å². The summed E-state index contributed by atoms with van der Waals surface area (Å²) in [5.41, 5.74) is 2.63. The van der Waals surface area contributed by atoms with Crippen molar-refractivity contribution in [3.05, 3.63) is 41.5 Å². The third-order valence-electron chi connectivity index (χ3n) is 1.84. The van der Waals surface area contributed by atoms with Crippen LogP contribution in [0.15, 0.2) is 30.3 Å². The van der Waals surface area contributed by atoms with E-state index in [0.717, 1.165) is 6.54 Å². The van der Waals surface area contributed by atoms with E-state index < -0.39 is 0 Å². The molecule has 1 rings (SSSR count). The first-order chi connectivity index (χ1) is 6.22. The number of allylic oxidation sites excluding steroid dienone is 1. The summed E-state index contributed by atoms with van der Waals surface area (Å²) in [6, 6.07) is 8.66. The Balaban J connectivity index is 2.69. The molecular weight excluding hydrogens is 158 g/mol. The molecule has 0 heterocycles. The minimum absolute atomic E-state index is 1.01. The fraction of sp³-hybridized carbons (Fsp3) is 0.333. The smallest absolute Gasteiger partial charge is 0.0227 e. The van der Waals surface area contributed by atoms with E-state index in [1.807, 2.05) is 6.92 Å². The predicted molar refractivity (Wildman–Crippen MR) is 58.5 cm³/mol. The molecule has 70 valence electrons. The van der Waals surface area contributed by atoms with Crippen molar-refractivity contribution >= 4 is 6.08 Å². The quantitative estimate of drug-likeness (QED) is 0.682. The van der Waals surface area contributed by atoms with Gasteiger partial charge >= 0.3 is 0 Å². The molecule has 0 fully saturated rings. The highest BCUT2D eigenvalue weighted by atomic mass is 15.0. The van der Waals surface area contributed by atoms with Crippen molar-refractivity contribution < 1.29 is 0 Å². The van der Waals surface area contributed by atoms with Crippen molar-refractivity contribution in [2.75, 3.05) is 14.1 Å². The highest BCUT2D eigenvalue weighted by Crippen LogP contribution is 2.07. The van der Waals surface area contributed by atoms with E-state index in [2.05, 4.69) is 55.4 Å². The Labute approximate surface area is 80.7 Å². The molecule has 0 aromatic heterocycles. The fourth-order valence-corrected chi connectivity index (χ4v) is 1.29. The van der Waals surface area contributed by atoms with Crippen molar-refractivity contribution in [2.24, 2.45) is 0 Å². The summed E-state index contributed by atoms with van der Waals surface area (Å²) in [6.07, 6.45) is 4.17. The van der Waals surface area contributed by atoms with Gasteiger partial charge in [-0.2, -0.15) is 0 Å². The predicted octanol–water partition coefficient (Wildman–Crippen LogP) is 2.78. The van der Waals surface area contributed by atoms with Gasteiger partial charge in [-0.25, -0.2) is 0 Å². The summed E-state index contributed by atoms with van der Waals surface area (Å²) >= 11 is 0. The fourth-order valence-electron chi connectivity index (χ4n) is 1.29. The van der Waals surface area contributed by atoms with E-state index >= 15 is 0 Å². The highest BCUT2D eigenvalue weighted by Gasteiger charge is 1.93. The Morgan fingerprint density at radius 2 is 1.77 bits per heavy atom. The summed E-state index contributed by atoms with van der Waals surface area (Å²) in [4.78, 5) is 2.17. The SMILES string of the molecule is CC=Cc1ccc(CN(C)C)cc1. The molecule has 0 spiro atoms. The molecule has 13 heavy (non-hydrogen) atoms. The normalized spacial score (nSPS) is 11.4. The molecular formula is C12H17N. The monoisotopic (exact) mass is 175 g/mol. The Bertz CT molecular complexity index is 270. The maximum Gasteiger partial charge on any atom is 0.0227 e. The van der Waals surface area contributed by atoms with Crippen LogP contribution >= 0.6 is 0 Å². The van der Waals surface area contributed by atoms with Crippen molar-refractivity contribution in [1.82, 2.24) is 4.90 Å². The Kier molecular flexibility index (Phi) is 3.71. The van der Waals surface area contributed by atoms with Crippen LogP contribution in [0.1, 0.15) is 18.1 Å². The molecule has 1 nitrogen and oxygen atoms in total. The minimum atomic E-state index is 1.01. The summed E-state index contributed by atoms with van der Waals surface area (Å²) in [6.45, 7) is 3.05. The maximum absolute atomic E-state index is 2.18. The second-order valence-electron chi connectivity index (χ2n) is 3.48. The van der Waals surface area contributed by atoms with E-state index in [9.17, 15) is 0 Å². The zero-order valence-electron chi connectivity index (χ0n) is 8.62. The van der Waals surface area contributed by atoms with Crippen LogP contribution in [-0.2, 0) is 6.54 Å². The van der Waals surface area contributed by atoms with Gasteiger partial charge in [0.15, 0.2) is 0 Å². The number of nitrogens with zero attached hydrogens (tertiary/aromatic N) is 1. The molecule has 0 saturated carbocycles. The molecule has 0 bridgehead atoms. The lowest BCUT2D eigenvalue weighted by molar-refractivity contribution is 0.402. The molecule has 1 aromatic carbocycles. The third kappa shape index (κ3) is 3.43. The lowest BCUT2D eigenvalue weighted by atomic mass is 10.1. The van der Waals surface area contributed by atoms with Crippen molar-refractivity contribution in [3.63, 3.8) is 0 Å². The van der Waals surface area contributed by atoms with Gasteiger partial charge in [0.2, 0.25) is 0 Å². The summed E-state index contributed by atoms with van der Waals surface area (Å²) in [5, 5.41) is 0. The molecule has 0 amide bonds. The maximum atomic E-state index is 2.18. The summed E-state index contributed by atoms with van der Waals surface area (Å²) in [7, 11) is 4.17. The Hall–Kier alpha value is -1.08. The minimum Gasteiger partial charge on any atom is -0.305 e. The number of benzene rings is 1. The number of hydrogen-bond donors (Lipinski definition) is 0. The summed E-state index contributed by atoms with van der Waals surface area (Å²) in [5.74, 6) is 0. The molecule has 0 saturated heterocycles. The van der Waals surface area contributed by atoms with Crippen molar-refractivity contribution in [2.45, 2.75) is 13.5 Å². The van der Waals surface area contributed by atoms with Gasteiger partial charge in [0, 0.05) is 6.54 Å². The van der Waals surface area contributed by atoms with Crippen LogP contribution in [0.2, 0.25) is 0 Å². The zero-order valence-corrected chi connectivity index (χ0v) is 8.62. The molecule has 0 atom stereocenters. The van der Waals surface area contributed by atoms with Gasteiger partial charge in [0.25, 0.3) is 0 Å². The third-order valence-corrected chi connectivity index (χ3v) is 1.84. The van der Waals surface area contributed by atoms with Gasteiger partial charge in [-0.3, -0.25) is 0 Å². The van der Waals surface area contributed by atoms with Crippen LogP contribution in [0.3, 0.4) is 0 Å². The van der Waals surface area contributed by atoms with E-state index in [1.54, 1.807) is 0 Å². The van der Waals surface area contributed by atoms with Gasteiger partial charge in [-0.15, -0.1) is 0 Å². The average Bonchev–Trinajstić information content (AvgIpc) is 2.08. The zero-order chi connectivity index (χ0) is 9.68. The molecule has 0 unspecified atom stereocenters. The van der Waals surface area contributed by atoms with Gasteiger partial charge in [0.1, 0.15) is 0 Å². The van der Waals surface area contributed by atoms with Crippen molar-refractivity contribution in [1.29, 1.82) is 0 Å². The summed E-state index contributed by atoms with van der Waals surface area (Å²) < 4.78 is 0. The molecule has 0 aliphatic heterocycles. The molecule has 1 aromatic rings. The number of rotatable bonds is 3. The standard InChI is InChI=1S/C12H17N/c1-4-5-11-6-8-12(9-7-11)10-13(2)3/h4-9H,10H2,1-3H3. The van der Waals surface area contributed by atoms with Gasteiger partial charge in [-0.05, 0) is 32.1 Å². The van der Waals surface area contributed by atoms with Gasteiger partial charge < -0.3 is 4.90 Å². The van der Waals surface area contributed by atoms with Crippen LogP contribution < -0.4 is 0 Å². The van der Waals surface area contributed by atoms with E-state index in [1.165, 1.54) is 11.1 Å². The molecule has 1 heteroatoms. The molecule has 0 N–H and O–H groups in total. The average molecular weight is 175 g/mol. The first-order valence-electron chi connectivity index (χ1n) is 4.58. The highest BCUT2D eigenvalue weighted by molar-refractivity contribution is 5.49. The van der Waals surface area contributed by atoms with Crippen LogP contribution in [-0.4, -0.2) is 19.0 Å². The molecule has 0 aliphatic carbocycles. The first-order valence-corrected chi connectivity index (χ1v) is 4.58. The lowest BCUT2D eigenvalue weighted by Crippen LogP contribution is -2.10. The second kappa shape index (κ2) is 4.83. The topological polar surface area (TPSA) is 3.24 Å². The van der Waals surface area contributed by atoms with E-state index in [0.29, 0.717) is 0 Å². The van der Waals surface area contributed by atoms with Crippen LogP contribution in [0.5, 0.6) is 0 Å². The molecule has 0 radical (unpaired) electrons. The lowest BCUT2D eigenvalue weighted by Gasteiger charge is -2.09. The Morgan fingerprint density at radius 3 is 2.23 bits per heavy atom. The van der Waals surface area contributed by atoms with Crippen LogP contribution in [0.25, 0.3) is 6.08 Å².